The lowest BCUT2D eigenvalue weighted by Gasteiger charge is -2.15. The first kappa shape index (κ1) is 12.3. The van der Waals surface area contributed by atoms with Gasteiger partial charge in [0, 0.05) is 6.42 Å². The lowest BCUT2D eigenvalue weighted by molar-refractivity contribution is -0.0438. The number of imidazole rings is 1. The Hall–Kier alpha value is -1.77. The van der Waals surface area contributed by atoms with Crippen molar-refractivity contribution in [3.63, 3.8) is 0 Å². The largest absolute Gasteiger partial charge is 0.394 e. The molecule has 2 aromatic heterocycles. The molecule has 1 aliphatic heterocycles. The van der Waals surface area contributed by atoms with Crippen LogP contribution in [0.4, 0.5) is 5.82 Å². The van der Waals surface area contributed by atoms with E-state index in [1.807, 2.05) is 6.92 Å². The van der Waals surface area contributed by atoms with Gasteiger partial charge in [0.2, 0.25) is 0 Å². The van der Waals surface area contributed by atoms with Gasteiger partial charge in [-0.05, 0) is 6.92 Å². The summed E-state index contributed by atoms with van der Waals surface area (Å²) in [6.45, 7) is 1.59. The van der Waals surface area contributed by atoms with Crippen molar-refractivity contribution < 1.29 is 14.9 Å². The molecule has 19 heavy (non-hydrogen) atoms. The van der Waals surface area contributed by atoms with E-state index in [-0.39, 0.29) is 6.61 Å². The third-order valence-corrected chi connectivity index (χ3v) is 3.35. The summed E-state index contributed by atoms with van der Waals surface area (Å²) in [7, 11) is 0. The lowest BCUT2D eigenvalue weighted by atomic mass is 10.2. The van der Waals surface area contributed by atoms with Crippen LogP contribution in [0, 0.1) is 6.92 Å². The molecule has 4 N–H and O–H groups in total. The van der Waals surface area contributed by atoms with Gasteiger partial charge >= 0.3 is 0 Å². The van der Waals surface area contributed by atoms with Crippen LogP contribution in [0.2, 0.25) is 0 Å². The maximum Gasteiger partial charge on any atom is 0.167 e. The van der Waals surface area contributed by atoms with E-state index in [1.54, 1.807) is 4.57 Å². The minimum Gasteiger partial charge on any atom is -0.394 e. The molecule has 3 rings (SSSR count). The number of aliphatic hydroxyl groups is 2. The Bertz CT molecular complexity index is 614. The van der Waals surface area contributed by atoms with Gasteiger partial charge in [0.15, 0.2) is 17.0 Å². The minimum absolute atomic E-state index is 0.222. The van der Waals surface area contributed by atoms with Gasteiger partial charge in [0.05, 0.1) is 12.7 Å². The molecule has 3 heterocycles. The van der Waals surface area contributed by atoms with E-state index in [1.165, 1.54) is 6.33 Å². The zero-order chi connectivity index (χ0) is 13.6. The number of nitrogens with zero attached hydrogens (tertiary/aromatic N) is 4. The lowest BCUT2D eigenvalue weighted by Crippen LogP contribution is -2.24. The highest BCUT2D eigenvalue weighted by atomic mass is 16.5. The van der Waals surface area contributed by atoms with E-state index in [0.29, 0.717) is 29.2 Å². The molecule has 1 saturated heterocycles. The van der Waals surface area contributed by atoms with Crippen LogP contribution in [-0.2, 0) is 4.74 Å². The number of anilines is 1. The van der Waals surface area contributed by atoms with Gasteiger partial charge in [-0.1, -0.05) is 0 Å². The number of aromatic nitrogens is 4. The molecule has 1 aliphatic rings. The summed E-state index contributed by atoms with van der Waals surface area (Å²) in [5.41, 5.74) is 6.85. The molecular formula is C11H15N5O3. The fraction of sp³-hybridized carbons (Fsp3) is 0.545. The number of nitrogens with two attached hydrogens (primary N) is 1. The number of aryl methyl sites for hydroxylation is 1. The quantitative estimate of drug-likeness (QED) is 0.660. The molecule has 0 radical (unpaired) electrons. The first-order valence-electron chi connectivity index (χ1n) is 6.01. The Balaban J connectivity index is 2.06. The molecule has 8 heteroatoms. The maximum atomic E-state index is 9.80. The number of hydrogen-bond acceptors (Lipinski definition) is 7. The molecule has 0 aromatic carbocycles. The van der Waals surface area contributed by atoms with Crippen LogP contribution in [0.5, 0.6) is 0 Å². The predicted octanol–water partition coefficient (Wildman–Crippen LogP) is -0.642. The zero-order valence-electron chi connectivity index (χ0n) is 10.4. The van der Waals surface area contributed by atoms with Crippen molar-refractivity contribution in [2.24, 2.45) is 0 Å². The summed E-state index contributed by atoms with van der Waals surface area (Å²) >= 11 is 0. The molecule has 0 amide bonds. The van der Waals surface area contributed by atoms with Crippen molar-refractivity contribution in [1.29, 1.82) is 0 Å². The molecule has 0 spiro atoms. The van der Waals surface area contributed by atoms with Crippen molar-refractivity contribution >= 4 is 17.0 Å². The maximum absolute atomic E-state index is 9.80. The van der Waals surface area contributed by atoms with Gasteiger partial charge in [-0.2, -0.15) is 0 Å². The third kappa shape index (κ3) is 1.84. The zero-order valence-corrected chi connectivity index (χ0v) is 10.4. The molecule has 0 unspecified atom stereocenters. The van der Waals surface area contributed by atoms with E-state index in [0.717, 1.165) is 0 Å². The summed E-state index contributed by atoms with van der Waals surface area (Å²) in [5, 5.41) is 18.9. The highest BCUT2D eigenvalue weighted by Gasteiger charge is 2.36. The Labute approximate surface area is 108 Å². The van der Waals surface area contributed by atoms with E-state index in [9.17, 15) is 5.11 Å². The van der Waals surface area contributed by atoms with Crippen molar-refractivity contribution in [3.05, 3.63) is 12.2 Å². The smallest absolute Gasteiger partial charge is 0.167 e. The van der Waals surface area contributed by atoms with Crippen LogP contribution in [0.25, 0.3) is 11.2 Å². The van der Waals surface area contributed by atoms with E-state index >= 15 is 0 Å². The highest BCUT2D eigenvalue weighted by molar-refractivity contribution is 5.81. The molecule has 1 fully saturated rings. The number of aliphatic hydroxyl groups excluding tert-OH is 2. The standard InChI is InChI=1S/C11H15N5O3/c1-5-15-9-10(12)13-4-14-11(9)16(5)8-2-6(18)7(3-17)19-8/h4,6-8,17-18H,2-3H2,1H3,(H2,12,13,14)/t6-,7-,8-/m1/s1. The number of ether oxygens (including phenoxy) is 1. The predicted molar refractivity (Wildman–Crippen MR) is 66.1 cm³/mol. The van der Waals surface area contributed by atoms with Gasteiger partial charge < -0.3 is 20.7 Å². The number of rotatable bonds is 2. The molecule has 3 atom stereocenters. The average Bonchev–Trinajstić information content (AvgIpc) is 2.90. The fourth-order valence-electron chi connectivity index (χ4n) is 2.42. The second kappa shape index (κ2) is 4.41. The highest BCUT2D eigenvalue weighted by Crippen LogP contribution is 2.32. The van der Waals surface area contributed by atoms with Crippen LogP contribution >= 0.6 is 0 Å². The molecule has 102 valence electrons. The monoisotopic (exact) mass is 265 g/mol. The van der Waals surface area contributed by atoms with E-state index in [2.05, 4.69) is 15.0 Å². The van der Waals surface area contributed by atoms with E-state index < -0.39 is 18.4 Å². The van der Waals surface area contributed by atoms with Gasteiger partial charge in [-0.3, -0.25) is 4.57 Å². The normalized spacial score (nSPS) is 27.2. The Morgan fingerprint density at radius 2 is 2.32 bits per heavy atom. The molecule has 8 nitrogen and oxygen atoms in total. The molecule has 0 bridgehead atoms. The summed E-state index contributed by atoms with van der Waals surface area (Å²) in [6.07, 6.45) is 0.0459. The molecule has 0 saturated carbocycles. The van der Waals surface area contributed by atoms with Crippen LogP contribution in [0.1, 0.15) is 18.5 Å². The topological polar surface area (TPSA) is 119 Å². The second-order valence-electron chi connectivity index (χ2n) is 4.57. The second-order valence-corrected chi connectivity index (χ2v) is 4.57. The van der Waals surface area contributed by atoms with Crippen LogP contribution in [0.15, 0.2) is 6.33 Å². The van der Waals surface area contributed by atoms with Crippen molar-refractivity contribution in [2.45, 2.75) is 31.8 Å². The van der Waals surface area contributed by atoms with Crippen molar-refractivity contribution in [3.8, 4) is 0 Å². The Kier molecular flexibility index (Phi) is 2.85. The summed E-state index contributed by atoms with van der Waals surface area (Å²) < 4.78 is 7.39. The van der Waals surface area contributed by atoms with Gasteiger partial charge in [0.25, 0.3) is 0 Å². The summed E-state index contributed by atoms with van der Waals surface area (Å²) in [6, 6.07) is 0. The van der Waals surface area contributed by atoms with Crippen LogP contribution in [0.3, 0.4) is 0 Å². The Morgan fingerprint density at radius 1 is 1.53 bits per heavy atom. The Morgan fingerprint density at radius 3 is 3.00 bits per heavy atom. The number of hydrogen-bond donors (Lipinski definition) is 3. The SMILES string of the molecule is Cc1nc2c(N)ncnc2n1[C@H]1C[C@@H](O)[C@@H](CO)O1. The van der Waals surface area contributed by atoms with Gasteiger partial charge in [-0.15, -0.1) is 0 Å². The summed E-state index contributed by atoms with van der Waals surface area (Å²) in [5.74, 6) is 0.988. The first-order valence-corrected chi connectivity index (χ1v) is 6.01. The number of nitrogen functional groups attached to an aromatic ring is 1. The molecule has 2 aromatic rings. The fourth-order valence-corrected chi connectivity index (χ4v) is 2.42. The van der Waals surface area contributed by atoms with Gasteiger partial charge in [-0.25, -0.2) is 15.0 Å². The first-order chi connectivity index (χ1) is 9.11. The number of fused-ring (bicyclic) bond motifs is 1. The average molecular weight is 265 g/mol. The van der Waals surface area contributed by atoms with Crippen LogP contribution < -0.4 is 5.73 Å². The molecular weight excluding hydrogens is 250 g/mol. The van der Waals surface area contributed by atoms with Gasteiger partial charge in [0.1, 0.15) is 24.5 Å². The summed E-state index contributed by atoms with van der Waals surface area (Å²) in [4.78, 5) is 12.4. The van der Waals surface area contributed by atoms with Crippen LogP contribution in [-0.4, -0.2) is 48.5 Å². The third-order valence-electron chi connectivity index (χ3n) is 3.35. The van der Waals surface area contributed by atoms with Crippen molar-refractivity contribution in [1.82, 2.24) is 19.5 Å². The van der Waals surface area contributed by atoms with E-state index in [4.69, 9.17) is 15.6 Å². The van der Waals surface area contributed by atoms with Crippen molar-refractivity contribution in [2.75, 3.05) is 12.3 Å². The molecule has 0 aliphatic carbocycles. The minimum atomic E-state index is -0.703.